The van der Waals surface area contributed by atoms with Crippen molar-refractivity contribution < 1.29 is 22.7 Å². The van der Waals surface area contributed by atoms with Gasteiger partial charge in [-0.2, -0.15) is 0 Å². The van der Waals surface area contributed by atoms with E-state index >= 15 is 0 Å². The van der Waals surface area contributed by atoms with Gasteiger partial charge in [0.15, 0.2) is 9.84 Å². The summed E-state index contributed by atoms with van der Waals surface area (Å²) in [6.07, 6.45) is 2.80. The van der Waals surface area contributed by atoms with Gasteiger partial charge in [-0.25, -0.2) is 12.8 Å². The van der Waals surface area contributed by atoms with E-state index in [1.54, 1.807) is 0 Å². The van der Waals surface area contributed by atoms with Crippen LogP contribution in [0.5, 0.6) is 5.75 Å². The Labute approximate surface area is 130 Å². The number of methoxy groups -OCH3 is 1. The number of benzene rings is 1. The molecule has 2 bridgehead atoms. The molecule has 0 spiro atoms. The summed E-state index contributed by atoms with van der Waals surface area (Å²) in [5.74, 6) is 0.136. The predicted octanol–water partition coefficient (Wildman–Crippen LogP) is 2.24. The molecule has 0 amide bonds. The summed E-state index contributed by atoms with van der Waals surface area (Å²) in [7, 11) is -1.62. The lowest BCUT2D eigenvalue weighted by atomic mass is 9.81. The zero-order valence-corrected chi connectivity index (χ0v) is 13.4. The van der Waals surface area contributed by atoms with E-state index in [0.717, 1.165) is 6.42 Å². The second kappa shape index (κ2) is 5.49. The normalized spacial score (nSPS) is 33.4. The third-order valence-electron chi connectivity index (χ3n) is 4.96. The minimum absolute atomic E-state index is 0.219. The van der Waals surface area contributed by atoms with Crippen molar-refractivity contribution in [2.24, 2.45) is 0 Å². The van der Waals surface area contributed by atoms with Crippen LogP contribution in [0.1, 0.15) is 37.7 Å². The molecule has 3 rings (SSSR count). The van der Waals surface area contributed by atoms with Gasteiger partial charge in [-0.05, 0) is 49.4 Å². The molecule has 2 unspecified atom stereocenters. The molecule has 2 atom stereocenters. The largest absolute Gasteiger partial charge is 0.496 e. The molecular weight excluding hydrogens is 307 g/mol. The van der Waals surface area contributed by atoms with E-state index in [9.17, 15) is 17.9 Å². The first-order chi connectivity index (χ1) is 10.3. The molecule has 0 aromatic heterocycles. The minimum atomic E-state index is -3.12. The Kier molecular flexibility index (Phi) is 3.93. The fourth-order valence-electron chi connectivity index (χ4n) is 3.93. The molecule has 1 N–H and O–H groups in total. The summed E-state index contributed by atoms with van der Waals surface area (Å²) >= 11 is 0. The maximum absolute atomic E-state index is 13.5. The van der Waals surface area contributed by atoms with Gasteiger partial charge in [0, 0.05) is 6.42 Å². The van der Waals surface area contributed by atoms with Gasteiger partial charge < -0.3 is 9.84 Å². The van der Waals surface area contributed by atoms with Crippen molar-refractivity contribution in [2.75, 3.05) is 7.11 Å². The lowest BCUT2D eigenvalue weighted by Crippen LogP contribution is -2.52. The molecule has 1 aromatic rings. The SMILES string of the molecule is COc1ccc(F)cc1CC1(O)CC2CCCC(C1)S2(=O)=O. The third-order valence-corrected chi connectivity index (χ3v) is 7.62. The lowest BCUT2D eigenvalue weighted by Gasteiger charge is -2.44. The lowest BCUT2D eigenvalue weighted by molar-refractivity contribution is 0.00939. The standard InChI is InChI=1S/C16H21FO4S/c1-21-15-6-5-12(17)7-11(15)8-16(18)9-13-3-2-4-14(10-16)22(13,19)20/h5-7,13-14,18H,2-4,8-10H2,1H3. The molecule has 4 nitrogen and oxygen atoms in total. The molecule has 2 fully saturated rings. The Hall–Kier alpha value is -1.14. The van der Waals surface area contributed by atoms with Crippen LogP contribution in [0.4, 0.5) is 4.39 Å². The number of ether oxygens (including phenoxy) is 1. The highest BCUT2D eigenvalue weighted by Crippen LogP contribution is 2.43. The average molecular weight is 328 g/mol. The highest BCUT2D eigenvalue weighted by atomic mass is 32.2. The van der Waals surface area contributed by atoms with Gasteiger partial charge in [0.05, 0.1) is 23.2 Å². The molecule has 2 saturated heterocycles. The molecule has 0 saturated carbocycles. The van der Waals surface area contributed by atoms with Crippen molar-refractivity contribution in [3.63, 3.8) is 0 Å². The van der Waals surface area contributed by atoms with Crippen LogP contribution in [-0.4, -0.2) is 36.7 Å². The molecule has 2 aliphatic heterocycles. The Morgan fingerprint density at radius 3 is 2.55 bits per heavy atom. The number of halogens is 1. The molecule has 1 aromatic carbocycles. The van der Waals surface area contributed by atoms with E-state index in [0.29, 0.717) is 24.2 Å². The van der Waals surface area contributed by atoms with Crippen LogP contribution >= 0.6 is 0 Å². The van der Waals surface area contributed by atoms with E-state index in [2.05, 4.69) is 0 Å². The monoisotopic (exact) mass is 328 g/mol. The van der Waals surface area contributed by atoms with Gasteiger partial charge >= 0.3 is 0 Å². The maximum atomic E-state index is 13.5. The second-order valence-corrected chi connectivity index (χ2v) is 9.04. The quantitative estimate of drug-likeness (QED) is 0.924. The van der Waals surface area contributed by atoms with E-state index in [4.69, 9.17) is 4.74 Å². The zero-order chi connectivity index (χ0) is 16.0. The van der Waals surface area contributed by atoms with Crippen LogP contribution in [0.3, 0.4) is 0 Å². The van der Waals surface area contributed by atoms with Crippen molar-refractivity contribution in [3.05, 3.63) is 29.6 Å². The van der Waals surface area contributed by atoms with E-state index in [-0.39, 0.29) is 25.1 Å². The maximum Gasteiger partial charge on any atom is 0.156 e. The van der Waals surface area contributed by atoms with Crippen LogP contribution < -0.4 is 4.74 Å². The molecule has 2 aliphatic rings. The smallest absolute Gasteiger partial charge is 0.156 e. The van der Waals surface area contributed by atoms with Crippen LogP contribution in [0.25, 0.3) is 0 Å². The van der Waals surface area contributed by atoms with E-state index in [1.165, 1.54) is 25.3 Å². The highest BCUT2D eigenvalue weighted by molar-refractivity contribution is 7.92. The van der Waals surface area contributed by atoms with Crippen LogP contribution in [0.15, 0.2) is 18.2 Å². The number of hydrogen-bond donors (Lipinski definition) is 1. The Bertz CT molecular complexity index is 651. The summed E-state index contributed by atoms with van der Waals surface area (Å²) in [4.78, 5) is 0. The van der Waals surface area contributed by atoms with Crippen LogP contribution in [-0.2, 0) is 16.3 Å². The molecule has 122 valence electrons. The molecule has 2 heterocycles. The third kappa shape index (κ3) is 2.74. The first kappa shape index (κ1) is 15.7. The van der Waals surface area contributed by atoms with Crippen molar-refractivity contribution in [1.82, 2.24) is 0 Å². The van der Waals surface area contributed by atoms with Gasteiger partial charge in [-0.1, -0.05) is 6.42 Å². The second-order valence-electron chi connectivity index (χ2n) is 6.53. The van der Waals surface area contributed by atoms with Crippen LogP contribution in [0.2, 0.25) is 0 Å². The van der Waals surface area contributed by atoms with Gasteiger partial charge in [0.1, 0.15) is 11.6 Å². The summed E-state index contributed by atoms with van der Waals surface area (Å²) in [6.45, 7) is 0. The Morgan fingerprint density at radius 1 is 1.32 bits per heavy atom. The molecule has 6 heteroatoms. The van der Waals surface area contributed by atoms with Crippen molar-refractivity contribution in [1.29, 1.82) is 0 Å². The number of hydrogen-bond acceptors (Lipinski definition) is 4. The van der Waals surface area contributed by atoms with Crippen molar-refractivity contribution in [2.45, 2.75) is 54.6 Å². The summed E-state index contributed by atoms with van der Waals surface area (Å²) < 4.78 is 43.3. The van der Waals surface area contributed by atoms with Crippen molar-refractivity contribution >= 4 is 9.84 Å². The van der Waals surface area contributed by atoms with Gasteiger partial charge in [-0.3, -0.25) is 0 Å². The highest BCUT2D eigenvalue weighted by Gasteiger charge is 2.50. The molecule has 22 heavy (non-hydrogen) atoms. The number of fused-ring (bicyclic) bond motifs is 2. The van der Waals surface area contributed by atoms with Crippen LogP contribution in [0, 0.1) is 5.82 Å². The minimum Gasteiger partial charge on any atom is -0.496 e. The fourth-order valence-corrected chi connectivity index (χ4v) is 6.55. The van der Waals surface area contributed by atoms with Gasteiger partial charge in [0.2, 0.25) is 0 Å². The number of sulfone groups is 1. The van der Waals surface area contributed by atoms with Crippen molar-refractivity contribution in [3.8, 4) is 5.75 Å². The van der Waals surface area contributed by atoms with Gasteiger partial charge in [-0.15, -0.1) is 0 Å². The Morgan fingerprint density at radius 2 is 1.95 bits per heavy atom. The van der Waals surface area contributed by atoms with Gasteiger partial charge in [0.25, 0.3) is 0 Å². The summed E-state index contributed by atoms with van der Waals surface area (Å²) in [5, 5.41) is 10.00. The first-order valence-corrected chi connectivity index (χ1v) is 9.22. The first-order valence-electron chi connectivity index (χ1n) is 7.61. The topological polar surface area (TPSA) is 63.6 Å². The zero-order valence-electron chi connectivity index (χ0n) is 12.6. The van der Waals surface area contributed by atoms with E-state index in [1.807, 2.05) is 0 Å². The Balaban J connectivity index is 1.88. The molecule has 0 radical (unpaired) electrons. The number of aliphatic hydroxyl groups is 1. The number of rotatable bonds is 3. The summed E-state index contributed by atoms with van der Waals surface area (Å²) in [5.41, 5.74) is -0.523. The molecule has 0 aliphatic carbocycles. The average Bonchev–Trinajstić information content (AvgIpc) is 2.41. The fraction of sp³-hybridized carbons (Fsp3) is 0.625. The summed E-state index contributed by atoms with van der Waals surface area (Å²) in [6, 6.07) is 4.20. The van der Waals surface area contributed by atoms with E-state index < -0.39 is 25.9 Å². The predicted molar refractivity (Wildman–Crippen MR) is 81.2 cm³/mol. The molecular formula is C16H21FO4S.